The molecule has 2 aromatic rings. The molecule has 1 unspecified atom stereocenters. The number of benzene rings is 2. The van der Waals surface area contributed by atoms with E-state index in [1.54, 1.807) is 11.8 Å². The van der Waals surface area contributed by atoms with Crippen LogP contribution in [0.15, 0.2) is 53.0 Å². The van der Waals surface area contributed by atoms with Crippen LogP contribution in [0.2, 0.25) is 0 Å². The van der Waals surface area contributed by atoms with Crippen LogP contribution in [0, 0.1) is 0 Å². The molecule has 0 fully saturated rings. The molecule has 2 aromatic carbocycles. The van der Waals surface area contributed by atoms with Crippen LogP contribution in [-0.2, 0) is 16.1 Å². The zero-order valence-electron chi connectivity index (χ0n) is 18.3. The lowest BCUT2D eigenvalue weighted by Crippen LogP contribution is -2.50. The SMILES string of the molecule is CC(C)NC(=O)C(C)N(Cc1cccc(Br)c1)C(=O)COc1ccc(C(C)C)cc1. The molecule has 0 heterocycles. The molecular formula is C24H31BrN2O3. The van der Waals surface area contributed by atoms with Gasteiger partial charge in [-0.1, -0.05) is 54.0 Å². The van der Waals surface area contributed by atoms with Crippen molar-refractivity contribution in [2.45, 2.75) is 59.2 Å². The van der Waals surface area contributed by atoms with Gasteiger partial charge in [0.1, 0.15) is 11.8 Å². The van der Waals surface area contributed by atoms with Crippen molar-refractivity contribution in [3.05, 3.63) is 64.1 Å². The largest absolute Gasteiger partial charge is 0.484 e. The fourth-order valence-electron chi connectivity index (χ4n) is 3.00. The number of nitrogens with one attached hydrogen (secondary N) is 1. The van der Waals surface area contributed by atoms with E-state index in [1.807, 2.05) is 62.4 Å². The third-order valence-corrected chi connectivity index (χ3v) is 5.24. The van der Waals surface area contributed by atoms with Crippen LogP contribution in [0.25, 0.3) is 0 Å². The molecule has 0 saturated carbocycles. The van der Waals surface area contributed by atoms with Crippen LogP contribution in [-0.4, -0.2) is 35.4 Å². The number of halogens is 1. The van der Waals surface area contributed by atoms with Crippen molar-refractivity contribution in [1.82, 2.24) is 10.2 Å². The minimum Gasteiger partial charge on any atom is -0.484 e. The lowest BCUT2D eigenvalue weighted by Gasteiger charge is -2.29. The number of hydrogen-bond donors (Lipinski definition) is 1. The Morgan fingerprint density at radius 1 is 1.03 bits per heavy atom. The molecule has 6 heteroatoms. The smallest absolute Gasteiger partial charge is 0.261 e. The number of amides is 2. The highest BCUT2D eigenvalue weighted by Gasteiger charge is 2.27. The number of ether oxygens (including phenoxy) is 1. The molecule has 0 saturated heterocycles. The van der Waals surface area contributed by atoms with Gasteiger partial charge in [-0.15, -0.1) is 0 Å². The molecular weight excluding hydrogens is 444 g/mol. The van der Waals surface area contributed by atoms with Crippen LogP contribution in [0.4, 0.5) is 0 Å². The zero-order valence-corrected chi connectivity index (χ0v) is 19.9. The molecule has 0 aliphatic rings. The summed E-state index contributed by atoms with van der Waals surface area (Å²) in [6.45, 7) is 9.98. The average molecular weight is 475 g/mol. The fraction of sp³-hybridized carbons (Fsp3) is 0.417. The van der Waals surface area contributed by atoms with Gasteiger partial charge < -0.3 is 15.0 Å². The predicted octanol–water partition coefficient (Wildman–Crippen LogP) is 4.89. The lowest BCUT2D eigenvalue weighted by atomic mass is 10.0. The summed E-state index contributed by atoms with van der Waals surface area (Å²) in [5.41, 5.74) is 2.15. The van der Waals surface area contributed by atoms with Gasteiger partial charge in [0.2, 0.25) is 5.91 Å². The van der Waals surface area contributed by atoms with Crippen LogP contribution < -0.4 is 10.1 Å². The Balaban J connectivity index is 2.13. The van der Waals surface area contributed by atoms with E-state index in [4.69, 9.17) is 4.74 Å². The molecule has 5 nitrogen and oxygen atoms in total. The second kappa shape index (κ2) is 11.2. The maximum atomic E-state index is 13.0. The Morgan fingerprint density at radius 2 is 1.70 bits per heavy atom. The summed E-state index contributed by atoms with van der Waals surface area (Å²) in [5, 5.41) is 2.88. The third kappa shape index (κ3) is 7.17. The molecule has 0 aliphatic heterocycles. The molecule has 0 spiro atoms. The summed E-state index contributed by atoms with van der Waals surface area (Å²) >= 11 is 3.46. The predicted molar refractivity (Wildman–Crippen MR) is 123 cm³/mol. The van der Waals surface area contributed by atoms with Crippen molar-refractivity contribution in [2.24, 2.45) is 0 Å². The lowest BCUT2D eigenvalue weighted by molar-refractivity contribution is -0.142. The molecule has 2 rings (SSSR count). The second-order valence-electron chi connectivity index (χ2n) is 8.00. The molecule has 1 atom stereocenters. The van der Waals surface area contributed by atoms with Crippen molar-refractivity contribution in [1.29, 1.82) is 0 Å². The molecule has 162 valence electrons. The second-order valence-corrected chi connectivity index (χ2v) is 8.92. The van der Waals surface area contributed by atoms with Crippen molar-refractivity contribution in [3.8, 4) is 5.75 Å². The highest BCUT2D eigenvalue weighted by atomic mass is 79.9. The summed E-state index contributed by atoms with van der Waals surface area (Å²) in [7, 11) is 0. The average Bonchev–Trinajstić information content (AvgIpc) is 2.69. The van der Waals surface area contributed by atoms with Gasteiger partial charge >= 0.3 is 0 Å². The first-order valence-electron chi connectivity index (χ1n) is 10.2. The molecule has 0 bridgehead atoms. The Morgan fingerprint density at radius 3 is 2.27 bits per heavy atom. The Labute approximate surface area is 187 Å². The van der Waals surface area contributed by atoms with E-state index >= 15 is 0 Å². The highest BCUT2D eigenvalue weighted by molar-refractivity contribution is 9.10. The number of carbonyl (C=O) groups is 2. The van der Waals surface area contributed by atoms with Crippen molar-refractivity contribution in [2.75, 3.05) is 6.61 Å². The van der Waals surface area contributed by atoms with E-state index < -0.39 is 6.04 Å². The molecule has 0 radical (unpaired) electrons. The normalized spacial score (nSPS) is 12.0. The number of hydrogen-bond acceptors (Lipinski definition) is 3. The van der Waals surface area contributed by atoms with Gasteiger partial charge in [-0.2, -0.15) is 0 Å². The van der Waals surface area contributed by atoms with Gasteiger partial charge in [-0.3, -0.25) is 9.59 Å². The molecule has 0 aromatic heterocycles. The maximum absolute atomic E-state index is 13.0. The van der Waals surface area contributed by atoms with E-state index in [1.165, 1.54) is 5.56 Å². The van der Waals surface area contributed by atoms with E-state index in [-0.39, 0.29) is 24.5 Å². The van der Waals surface area contributed by atoms with Gasteiger partial charge in [-0.05, 0) is 62.1 Å². The summed E-state index contributed by atoms with van der Waals surface area (Å²) in [5.74, 6) is 0.639. The highest BCUT2D eigenvalue weighted by Crippen LogP contribution is 2.19. The molecule has 0 aliphatic carbocycles. The summed E-state index contributed by atoms with van der Waals surface area (Å²) in [4.78, 5) is 27.2. The first-order chi connectivity index (χ1) is 14.2. The Hall–Kier alpha value is -2.34. The first-order valence-corrected chi connectivity index (χ1v) is 11.0. The Bertz CT molecular complexity index is 850. The summed E-state index contributed by atoms with van der Waals surface area (Å²) in [6, 6.07) is 14.8. The van der Waals surface area contributed by atoms with E-state index in [0.29, 0.717) is 18.2 Å². The van der Waals surface area contributed by atoms with E-state index in [0.717, 1.165) is 10.0 Å². The van der Waals surface area contributed by atoms with Gasteiger partial charge in [0.25, 0.3) is 5.91 Å². The van der Waals surface area contributed by atoms with Gasteiger partial charge in [0.05, 0.1) is 0 Å². The first kappa shape index (κ1) is 23.9. The van der Waals surface area contributed by atoms with Crippen LogP contribution in [0.5, 0.6) is 5.75 Å². The molecule has 2 amide bonds. The monoisotopic (exact) mass is 474 g/mol. The maximum Gasteiger partial charge on any atom is 0.261 e. The number of nitrogens with zero attached hydrogens (tertiary/aromatic N) is 1. The zero-order chi connectivity index (χ0) is 22.3. The fourth-order valence-corrected chi connectivity index (χ4v) is 3.44. The minimum atomic E-state index is -0.620. The molecule has 30 heavy (non-hydrogen) atoms. The van der Waals surface area contributed by atoms with E-state index in [2.05, 4.69) is 35.1 Å². The minimum absolute atomic E-state index is 0.00139. The number of rotatable bonds is 9. The topological polar surface area (TPSA) is 58.6 Å². The van der Waals surface area contributed by atoms with Gasteiger partial charge in [0.15, 0.2) is 6.61 Å². The van der Waals surface area contributed by atoms with Gasteiger partial charge in [0, 0.05) is 17.1 Å². The van der Waals surface area contributed by atoms with Crippen molar-refractivity contribution < 1.29 is 14.3 Å². The Kier molecular flexibility index (Phi) is 8.90. The number of carbonyl (C=O) groups excluding carboxylic acids is 2. The van der Waals surface area contributed by atoms with Crippen LogP contribution in [0.3, 0.4) is 0 Å². The summed E-state index contributed by atoms with van der Waals surface area (Å²) in [6.07, 6.45) is 0. The standard InChI is InChI=1S/C24H31BrN2O3/c1-16(2)20-9-11-22(12-10-20)30-15-23(28)27(18(5)24(29)26-17(3)4)14-19-7-6-8-21(25)13-19/h6-13,16-18H,14-15H2,1-5H3,(H,26,29). The van der Waals surface area contributed by atoms with Gasteiger partial charge in [-0.25, -0.2) is 0 Å². The van der Waals surface area contributed by atoms with E-state index in [9.17, 15) is 9.59 Å². The van der Waals surface area contributed by atoms with Crippen LogP contribution >= 0.6 is 15.9 Å². The quantitative estimate of drug-likeness (QED) is 0.562. The summed E-state index contributed by atoms with van der Waals surface area (Å²) < 4.78 is 6.65. The third-order valence-electron chi connectivity index (χ3n) is 4.75. The molecule has 1 N–H and O–H groups in total. The van der Waals surface area contributed by atoms with Crippen molar-refractivity contribution >= 4 is 27.7 Å². The van der Waals surface area contributed by atoms with Crippen molar-refractivity contribution in [3.63, 3.8) is 0 Å². The van der Waals surface area contributed by atoms with Crippen LogP contribution in [0.1, 0.15) is 51.7 Å².